The van der Waals surface area contributed by atoms with E-state index in [1.807, 2.05) is 83.1 Å². The number of carboxylic acid groups (broad SMARTS) is 1. The summed E-state index contributed by atoms with van der Waals surface area (Å²) >= 11 is 0. The van der Waals surface area contributed by atoms with E-state index >= 15 is 0 Å². The maximum Gasteiger partial charge on any atom is 0.322 e. The van der Waals surface area contributed by atoms with E-state index in [2.05, 4.69) is 31.9 Å². The minimum atomic E-state index is -1.28. The van der Waals surface area contributed by atoms with Crippen LogP contribution in [0.1, 0.15) is 199 Å². The van der Waals surface area contributed by atoms with Crippen LogP contribution < -0.4 is 37.6 Å². The highest BCUT2D eigenvalue weighted by Gasteiger charge is 2.40. The van der Waals surface area contributed by atoms with Gasteiger partial charge in [0.2, 0.25) is 17.7 Å². The van der Waals surface area contributed by atoms with E-state index in [-0.39, 0.29) is 114 Å². The maximum absolute atomic E-state index is 14.3. The van der Waals surface area contributed by atoms with Crippen LogP contribution in [0.2, 0.25) is 0 Å². The van der Waals surface area contributed by atoms with Crippen LogP contribution in [-0.4, -0.2) is 108 Å². The molecule has 3 amide bonds. The SMILES string of the molecule is CC(C)CC(NCCCC[C@H](NC(=O)[C@H](CCCCNC(CC(C)C)=C1C(=O)CC(C)(C)CC1=O)NC(=O)[C@@H](N)CCCCNC(CC(C)C)=C1C(=O)CC(C)(C)CC1=O)C(=O)NCC(=O)O)=C1C(=O)CC(C)(C)CC1=O. The second-order valence-corrected chi connectivity index (χ2v) is 25.6. The zero-order chi connectivity index (χ0) is 58.0. The van der Waals surface area contributed by atoms with Crippen LogP contribution in [0.25, 0.3) is 0 Å². The van der Waals surface area contributed by atoms with Gasteiger partial charge in [-0.25, -0.2) is 0 Å². The molecule has 3 fully saturated rings. The molecule has 3 rings (SSSR count). The Morgan fingerprint density at radius 3 is 1.03 bits per heavy atom. The highest BCUT2D eigenvalue weighted by molar-refractivity contribution is 6.24. The van der Waals surface area contributed by atoms with Crippen molar-refractivity contribution < 1.29 is 53.1 Å². The number of carboxylic acids is 1. The van der Waals surface area contributed by atoms with Gasteiger partial charge in [0.1, 0.15) is 18.6 Å². The Labute approximate surface area is 458 Å². The third-order valence-electron chi connectivity index (χ3n) is 14.1. The topological polar surface area (TPSA) is 289 Å². The molecular weight excluding hydrogens is 983 g/mol. The Kier molecular flexibility index (Phi) is 25.6. The molecule has 77 heavy (non-hydrogen) atoms. The zero-order valence-electron chi connectivity index (χ0n) is 48.6. The number of carbonyl (C=O) groups excluding carboxylic acids is 9. The molecule has 0 saturated heterocycles. The molecule has 0 aromatic rings. The number of ketones is 6. The molecule has 18 heteroatoms. The summed E-state index contributed by atoms with van der Waals surface area (Å²) < 4.78 is 0. The van der Waals surface area contributed by atoms with Gasteiger partial charge in [-0.3, -0.25) is 47.9 Å². The number of aliphatic carboxylic acids is 1. The number of hydrogen-bond acceptors (Lipinski definition) is 14. The molecule has 0 unspecified atom stereocenters. The third-order valence-corrected chi connectivity index (χ3v) is 14.1. The normalized spacial score (nSPS) is 18.5. The summed E-state index contributed by atoms with van der Waals surface area (Å²) in [6, 6.07) is -3.37. The van der Waals surface area contributed by atoms with Crippen LogP contribution in [0.3, 0.4) is 0 Å². The highest BCUT2D eigenvalue weighted by Crippen LogP contribution is 2.38. The van der Waals surface area contributed by atoms with Gasteiger partial charge in [-0.2, -0.15) is 0 Å². The summed E-state index contributed by atoms with van der Waals surface area (Å²) in [7, 11) is 0. The lowest BCUT2D eigenvalue weighted by molar-refractivity contribution is -0.138. The molecule has 0 radical (unpaired) electrons. The lowest BCUT2D eigenvalue weighted by atomic mass is 9.73. The largest absolute Gasteiger partial charge is 0.480 e. The summed E-state index contributed by atoms with van der Waals surface area (Å²) in [5.41, 5.74) is 7.71. The van der Waals surface area contributed by atoms with Crippen molar-refractivity contribution in [3.8, 4) is 0 Å². The highest BCUT2D eigenvalue weighted by atomic mass is 16.4. The first-order valence-corrected chi connectivity index (χ1v) is 28.3. The fourth-order valence-corrected chi connectivity index (χ4v) is 10.5. The summed E-state index contributed by atoms with van der Waals surface area (Å²) in [6.45, 7) is 23.9. The van der Waals surface area contributed by atoms with Gasteiger partial charge in [0.05, 0.1) is 22.8 Å². The van der Waals surface area contributed by atoms with E-state index in [1.165, 1.54) is 0 Å². The molecule has 0 heterocycles. The van der Waals surface area contributed by atoms with E-state index in [0.717, 1.165) is 0 Å². The maximum atomic E-state index is 14.3. The number of allylic oxidation sites excluding steroid dienone is 6. The molecule has 0 spiro atoms. The molecule has 3 atom stereocenters. The number of carbonyl (C=O) groups is 10. The lowest BCUT2D eigenvalue weighted by Crippen LogP contribution is -2.56. The smallest absolute Gasteiger partial charge is 0.322 e. The number of rotatable bonds is 31. The fourth-order valence-electron chi connectivity index (χ4n) is 10.5. The summed E-state index contributed by atoms with van der Waals surface area (Å²) in [5.74, 6) is -3.86. The van der Waals surface area contributed by atoms with Crippen LogP contribution in [0.4, 0.5) is 0 Å². The van der Waals surface area contributed by atoms with Crippen LogP contribution in [0.15, 0.2) is 33.8 Å². The molecule has 18 nitrogen and oxygen atoms in total. The standard InChI is InChI=1S/C59H95N7O11/c1-35(2)25-41(51-44(67)28-57(7,8)29-45(51)68)61-22-16-13-19-38(60)54(75)65-40(21-15-18-24-63-43(27-37(5)6)53-48(71)32-59(11,12)33-49(53)72)56(77)66-39(55(76)64-34-50(73)74)20-14-17-23-62-42(26-36(3)4)52-46(69)30-58(9,10)31-47(52)70/h35-40,61-63H,13-34,60H2,1-12H3,(H,64,76)(H,65,75)(H,66,77)(H,73,74)/t38-,39-,40-/m0/s1. The minimum absolute atomic E-state index is 0.0942. The Morgan fingerprint density at radius 2 is 0.727 bits per heavy atom. The molecule has 0 bridgehead atoms. The van der Waals surface area contributed by atoms with Crippen LogP contribution in [-0.2, 0) is 47.9 Å². The first-order chi connectivity index (χ1) is 35.8. The Balaban J connectivity index is 1.78. The Bertz CT molecular complexity index is 2220. The van der Waals surface area contributed by atoms with Crippen molar-refractivity contribution in [1.82, 2.24) is 31.9 Å². The Hall–Kier alpha value is -5.52. The van der Waals surface area contributed by atoms with Crippen LogP contribution in [0, 0.1) is 34.0 Å². The third kappa shape index (κ3) is 22.4. The molecular formula is C59H95N7O11. The van der Waals surface area contributed by atoms with Gasteiger partial charge in [-0.1, -0.05) is 83.1 Å². The van der Waals surface area contributed by atoms with E-state index in [4.69, 9.17) is 5.73 Å². The zero-order valence-corrected chi connectivity index (χ0v) is 48.6. The van der Waals surface area contributed by atoms with E-state index < -0.39 is 64.6 Å². The summed E-state index contributed by atoms with van der Waals surface area (Å²) in [4.78, 5) is 132. The van der Waals surface area contributed by atoms with Crippen LogP contribution >= 0.6 is 0 Å². The predicted molar refractivity (Wildman–Crippen MR) is 297 cm³/mol. The molecule has 3 aliphatic carbocycles. The molecule has 0 aromatic carbocycles. The molecule has 0 aliphatic heterocycles. The number of unbranched alkanes of at least 4 members (excludes halogenated alkanes) is 3. The molecule has 9 N–H and O–H groups in total. The van der Waals surface area contributed by atoms with Crippen molar-refractivity contribution in [2.75, 3.05) is 26.2 Å². The average Bonchev–Trinajstić information content (AvgIpc) is 3.26. The predicted octanol–water partition coefficient (Wildman–Crippen LogP) is 6.54. The average molecular weight is 1080 g/mol. The first kappa shape index (κ1) is 65.8. The van der Waals surface area contributed by atoms with Gasteiger partial charge < -0.3 is 42.7 Å². The van der Waals surface area contributed by atoms with Gasteiger partial charge in [-0.15, -0.1) is 0 Å². The summed E-state index contributed by atoms with van der Waals surface area (Å²) in [6.07, 6.45) is 6.40. The van der Waals surface area contributed by atoms with Crippen molar-refractivity contribution in [3.05, 3.63) is 33.8 Å². The van der Waals surface area contributed by atoms with Gasteiger partial charge in [-0.05, 0) is 111 Å². The second-order valence-electron chi connectivity index (χ2n) is 25.6. The molecule has 3 saturated carbocycles. The van der Waals surface area contributed by atoms with Crippen molar-refractivity contribution in [3.63, 3.8) is 0 Å². The monoisotopic (exact) mass is 1080 g/mol. The van der Waals surface area contributed by atoms with Gasteiger partial charge in [0.25, 0.3) is 0 Å². The van der Waals surface area contributed by atoms with Crippen molar-refractivity contribution in [2.24, 2.45) is 39.7 Å². The Morgan fingerprint density at radius 1 is 0.442 bits per heavy atom. The van der Waals surface area contributed by atoms with Gasteiger partial charge in [0.15, 0.2) is 34.7 Å². The number of nitrogens with two attached hydrogens (primary N) is 1. The first-order valence-electron chi connectivity index (χ1n) is 28.3. The van der Waals surface area contributed by atoms with E-state index in [9.17, 15) is 53.1 Å². The fraction of sp³-hybridized carbons (Fsp3) is 0.729. The quantitative estimate of drug-likeness (QED) is 0.0208. The van der Waals surface area contributed by atoms with Crippen molar-refractivity contribution >= 4 is 58.4 Å². The second kappa shape index (κ2) is 30.0. The number of Topliss-reactive ketones (excluding diaryl/α,β-unsaturated/α-hetero) is 6. The molecule has 3 aliphatic rings. The van der Waals surface area contributed by atoms with Crippen molar-refractivity contribution in [2.45, 2.75) is 217 Å². The number of amides is 3. The van der Waals surface area contributed by atoms with E-state index in [1.54, 1.807) is 0 Å². The molecule has 432 valence electrons. The number of hydrogen-bond donors (Lipinski definition) is 8. The summed E-state index contributed by atoms with van der Waals surface area (Å²) in [5, 5.41) is 27.3. The molecule has 0 aromatic heterocycles. The van der Waals surface area contributed by atoms with Crippen LogP contribution in [0.5, 0.6) is 0 Å². The number of nitrogens with one attached hydrogen (secondary N) is 6. The minimum Gasteiger partial charge on any atom is -0.480 e. The lowest BCUT2D eigenvalue weighted by Gasteiger charge is -2.30. The van der Waals surface area contributed by atoms with E-state index in [0.29, 0.717) is 107 Å². The van der Waals surface area contributed by atoms with Gasteiger partial charge in [0, 0.05) is 75.3 Å². The van der Waals surface area contributed by atoms with Crippen molar-refractivity contribution in [1.29, 1.82) is 0 Å². The van der Waals surface area contributed by atoms with Gasteiger partial charge >= 0.3 is 5.97 Å².